The maximum atomic E-state index is 11.0. The van der Waals surface area contributed by atoms with Gasteiger partial charge in [-0.2, -0.15) is 0 Å². The number of aliphatic hydroxyl groups is 4. The molecule has 4 nitrogen and oxygen atoms in total. The van der Waals surface area contributed by atoms with Crippen LogP contribution in [-0.4, -0.2) is 44.8 Å². The van der Waals surface area contributed by atoms with E-state index in [1.165, 1.54) is 31.3 Å². The highest BCUT2D eigenvalue weighted by molar-refractivity contribution is 5.39. The van der Waals surface area contributed by atoms with Gasteiger partial charge in [0.2, 0.25) is 0 Å². The molecule has 4 aliphatic rings. The van der Waals surface area contributed by atoms with Crippen LogP contribution in [0.3, 0.4) is 0 Å². The van der Waals surface area contributed by atoms with Gasteiger partial charge in [0, 0.05) is 18.9 Å². The second-order valence-electron chi connectivity index (χ2n) is 13.7. The molecule has 0 spiro atoms. The lowest BCUT2D eigenvalue weighted by Gasteiger charge is -2.44. The highest BCUT2D eigenvalue weighted by Crippen LogP contribution is 2.59. The predicted octanol–water partition coefficient (Wildman–Crippen LogP) is 5.71. The summed E-state index contributed by atoms with van der Waals surface area (Å²) in [6.07, 6.45) is 14.2. The molecule has 206 valence electrons. The molecule has 0 aliphatic heterocycles. The maximum Gasteiger partial charge on any atom is 0.119 e. The average Bonchev–Trinajstić information content (AvgIpc) is 3.52. The zero-order valence-corrected chi connectivity index (χ0v) is 23.6. The molecule has 0 aromatic rings. The highest BCUT2D eigenvalue weighted by Gasteiger charge is 2.50. The standard InChI is InChI=1S/C33H50O4/c1-22(8-6-15-31(3,4)37)27-12-13-28-24(9-7-16-32(27,28)5)10-11-25-20-29(35)26(30(36)23(25)2)14-17-33(21-34)18-19-33/h10-11,22,26-30,34-37H,2,7-9,12-14,16-21H2,1,3-5H3/t22-,26+,27-,28?,29-,30-,32-/m1/s1. The summed E-state index contributed by atoms with van der Waals surface area (Å²) >= 11 is 0. The van der Waals surface area contributed by atoms with Crippen LogP contribution in [0, 0.1) is 46.3 Å². The fourth-order valence-electron chi connectivity index (χ4n) is 7.82. The molecular formula is C33H50O4. The topological polar surface area (TPSA) is 80.9 Å². The maximum absolute atomic E-state index is 11.0. The van der Waals surface area contributed by atoms with Gasteiger partial charge >= 0.3 is 0 Å². The second kappa shape index (κ2) is 11.0. The Hall–Kier alpha value is -1.38. The molecule has 0 aromatic carbocycles. The van der Waals surface area contributed by atoms with E-state index in [4.69, 9.17) is 0 Å². The SMILES string of the molecule is C=C1C(=CC=C2CCC[C@@]3(C)C2CC[C@@H]3[C@H](C)CC#CC(C)(C)O)C[C@@H](O)[C@H](CCC2(CO)CC2)[C@@H]1O. The third-order valence-electron chi connectivity index (χ3n) is 10.4. The summed E-state index contributed by atoms with van der Waals surface area (Å²) in [6, 6.07) is 0. The van der Waals surface area contributed by atoms with Crippen molar-refractivity contribution in [3.8, 4) is 11.8 Å². The van der Waals surface area contributed by atoms with Crippen LogP contribution in [0.25, 0.3) is 0 Å². The van der Waals surface area contributed by atoms with E-state index in [1.807, 2.05) is 0 Å². The van der Waals surface area contributed by atoms with Crippen molar-refractivity contribution in [2.45, 2.75) is 116 Å². The Labute approximate surface area is 225 Å². The van der Waals surface area contributed by atoms with E-state index in [2.05, 4.69) is 44.4 Å². The van der Waals surface area contributed by atoms with Gasteiger partial charge in [-0.3, -0.25) is 0 Å². The van der Waals surface area contributed by atoms with E-state index in [0.717, 1.165) is 49.7 Å². The first-order chi connectivity index (χ1) is 17.4. The Bertz CT molecular complexity index is 969. The van der Waals surface area contributed by atoms with Gasteiger partial charge in [0.05, 0.1) is 12.2 Å². The third kappa shape index (κ3) is 6.27. The highest BCUT2D eigenvalue weighted by atomic mass is 16.3. The second-order valence-corrected chi connectivity index (χ2v) is 13.7. The fourth-order valence-corrected chi connectivity index (χ4v) is 7.82. The van der Waals surface area contributed by atoms with Gasteiger partial charge in [-0.15, -0.1) is 5.92 Å². The van der Waals surface area contributed by atoms with Gasteiger partial charge in [-0.1, -0.05) is 44.1 Å². The number of aliphatic hydroxyl groups excluding tert-OH is 3. The molecular weight excluding hydrogens is 460 g/mol. The van der Waals surface area contributed by atoms with Crippen LogP contribution in [0.4, 0.5) is 0 Å². The van der Waals surface area contributed by atoms with Crippen molar-refractivity contribution in [1.29, 1.82) is 0 Å². The van der Waals surface area contributed by atoms with Crippen molar-refractivity contribution in [1.82, 2.24) is 0 Å². The lowest BCUT2D eigenvalue weighted by atomic mass is 9.61. The minimum atomic E-state index is -0.931. The molecule has 4 rings (SSSR count). The number of rotatable bonds is 7. The van der Waals surface area contributed by atoms with Crippen LogP contribution in [0.1, 0.15) is 98.3 Å². The van der Waals surface area contributed by atoms with Crippen LogP contribution < -0.4 is 0 Å². The Morgan fingerprint density at radius 1 is 1.16 bits per heavy atom. The molecule has 4 saturated carbocycles. The van der Waals surface area contributed by atoms with Gasteiger partial charge in [0.15, 0.2) is 0 Å². The van der Waals surface area contributed by atoms with Crippen LogP contribution in [0.2, 0.25) is 0 Å². The molecule has 1 unspecified atom stereocenters. The first kappa shape index (κ1) is 28.6. The number of allylic oxidation sites excluding steroid dienone is 3. The summed E-state index contributed by atoms with van der Waals surface area (Å²) in [5.41, 5.74) is 2.62. The van der Waals surface area contributed by atoms with Crippen LogP contribution in [0.15, 0.2) is 35.5 Å². The lowest BCUT2D eigenvalue weighted by Crippen LogP contribution is -2.39. The van der Waals surface area contributed by atoms with E-state index in [-0.39, 0.29) is 23.4 Å². The van der Waals surface area contributed by atoms with E-state index >= 15 is 0 Å². The van der Waals surface area contributed by atoms with Crippen LogP contribution in [0.5, 0.6) is 0 Å². The summed E-state index contributed by atoms with van der Waals surface area (Å²) in [5.74, 6) is 7.74. The zero-order chi connectivity index (χ0) is 27.0. The van der Waals surface area contributed by atoms with Gasteiger partial charge in [-0.05, 0) is 118 Å². The molecule has 7 atom stereocenters. The van der Waals surface area contributed by atoms with Crippen molar-refractivity contribution in [3.63, 3.8) is 0 Å². The molecule has 4 fully saturated rings. The van der Waals surface area contributed by atoms with Crippen molar-refractivity contribution >= 4 is 0 Å². The average molecular weight is 511 g/mol. The van der Waals surface area contributed by atoms with Gasteiger partial charge in [0.25, 0.3) is 0 Å². The number of fused-ring (bicyclic) bond motifs is 1. The van der Waals surface area contributed by atoms with E-state index in [1.54, 1.807) is 13.8 Å². The Morgan fingerprint density at radius 3 is 2.54 bits per heavy atom. The van der Waals surface area contributed by atoms with E-state index in [9.17, 15) is 20.4 Å². The molecule has 0 saturated heterocycles. The van der Waals surface area contributed by atoms with Gasteiger partial charge < -0.3 is 20.4 Å². The first-order valence-corrected chi connectivity index (χ1v) is 14.7. The van der Waals surface area contributed by atoms with Gasteiger partial charge in [-0.25, -0.2) is 0 Å². The van der Waals surface area contributed by atoms with E-state index < -0.39 is 17.8 Å². The summed E-state index contributed by atoms with van der Waals surface area (Å²) in [6.45, 7) is 12.7. The Kier molecular flexibility index (Phi) is 8.52. The number of hydrogen-bond donors (Lipinski definition) is 4. The molecule has 0 radical (unpaired) electrons. The molecule has 0 bridgehead atoms. The third-order valence-corrected chi connectivity index (χ3v) is 10.4. The molecule has 4 heteroatoms. The quantitative estimate of drug-likeness (QED) is 0.331. The summed E-state index contributed by atoms with van der Waals surface area (Å²) in [5, 5.41) is 41.5. The molecule has 0 amide bonds. The summed E-state index contributed by atoms with van der Waals surface area (Å²) in [4.78, 5) is 0. The van der Waals surface area contributed by atoms with Crippen LogP contribution >= 0.6 is 0 Å². The van der Waals surface area contributed by atoms with Crippen molar-refractivity contribution < 1.29 is 20.4 Å². The van der Waals surface area contributed by atoms with E-state index in [0.29, 0.717) is 24.2 Å². The lowest BCUT2D eigenvalue weighted by molar-refractivity contribution is 0.00865. The number of hydrogen-bond acceptors (Lipinski definition) is 4. The molecule has 37 heavy (non-hydrogen) atoms. The predicted molar refractivity (Wildman–Crippen MR) is 149 cm³/mol. The smallest absolute Gasteiger partial charge is 0.119 e. The summed E-state index contributed by atoms with van der Waals surface area (Å²) in [7, 11) is 0. The molecule has 0 heterocycles. The first-order valence-electron chi connectivity index (χ1n) is 14.7. The minimum absolute atomic E-state index is 0.0353. The zero-order valence-electron chi connectivity index (χ0n) is 23.6. The molecule has 0 aromatic heterocycles. The van der Waals surface area contributed by atoms with Crippen molar-refractivity contribution in [2.24, 2.45) is 34.5 Å². The van der Waals surface area contributed by atoms with Crippen molar-refractivity contribution in [2.75, 3.05) is 6.61 Å². The normalized spacial score (nSPS) is 38.3. The largest absolute Gasteiger partial charge is 0.396 e. The van der Waals surface area contributed by atoms with Crippen LogP contribution in [-0.2, 0) is 0 Å². The van der Waals surface area contributed by atoms with Crippen molar-refractivity contribution in [3.05, 3.63) is 35.5 Å². The molecule has 4 N–H and O–H groups in total. The minimum Gasteiger partial charge on any atom is -0.396 e. The summed E-state index contributed by atoms with van der Waals surface area (Å²) < 4.78 is 0. The Balaban J connectivity index is 1.43. The molecule has 4 aliphatic carbocycles. The monoisotopic (exact) mass is 510 g/mol. The Morgan fingerprint density at radius 2 is 1.89 bits per heavy atom. The van der Waals surface area contributed by atoms with Gasteiger partial charge in [0.1, 0.15) is 5.60 Å². The fraction of sp³-hybridized carbons (Fsp3) is 0.758.